The summed E-state index contributed by atoms with van der Waals surface area (Å²) in [6.07, 6.45) is 0. The highest BCUT2D eigenvalue weighted by atomic mass is 35.5. The van der Waals surface area contributed by atoms with Crippen molar-refractivity contribution in [3.63, 3.8) is 0 Å². The number of methoxy groups -OCH3 is 1. The number of aliphatic hydroxyl groups excluding tert-OH is 1. The Bertz CT molecular complexity index is 1310. The Hall–Kier alpha value is -3.77. The van der Waals surface area contributed by atoms with Crippen LogP contribution in [-0.2, 0) is 9.59 Å². The lowest BCUT2D eigenvalue weighted by Gasteiger charge is -2.26. The summed E-state index contributed by atoms with van der Waals surface area (Å²) in [5.41, 5.74) is 3.16. The van der Waals surface area contributed by atoms with Gasteiger partial charge >= 0.3 is 0 Å². The van der Waals surface area contributed by atoms with E-state index in [1.54, 1.807) is 54.6 Å². The molecule has 0 bridgehead atoms. The van der Waals surface area contributed by atoms with Crippen LogP contribution in [-0.4, -0.2) is 30.5 Å². The molecule has 1 atom stereocenters. The summed E-state index contributed by atoms with van der Waals surface area (Å²) in [5.74, 6) is -0.719. The van der Waals surface area contributed by atoms with Crippen LogP contribution in [0.25, 0.3) is 5.76 Å². The van der Waals surface area contributed by atoms with Crippen molar-refractivity contribution in [1.82, 2.24) is 0 Å². The Kier molecular flexibility index (Phi) is 6.85. The second-order valence-electron chi connectivity index (χ2n) is 8.31. The van der Waals surface area contributed by atoms with E-state index in [-0.39, 0.29) is 11.3 Å². The second kappa shape index (κ2) is 9.84. The summed E-state index contributed by atoms with van der Waals surface area (Å²) in [6.45, 7) is 6.14. The minimum absolute atomic E-state index is 0.0190. The first-order chi connectivity index (χ1) is 16.8. The zero-order valence-electron chi connectivity index (χ0n) is 20.0. The highest BCUT2D eigenvalue weighted by molar-refractivity contribution is 6.51. The monoisotopic (exact) mass is 491 g/mol. The third-order valence-corrected chi connectivity index (χ3v) is 6.19. The fourth-order valence-corrected chi connectivity index (χ4v) is 4.60. The van der Waals surface area contributed by atoms with E-state index in [2.05, 4.69) is 0 Å². The molecule has 0 aromatic heterocycles. The number of carbonyl (C=O) groups excluding carboxylic acids is 2. The summed E-state index contributed by atoms with van der Waals surface area (Å²) in [4.78, 5) is 28.1. The number of aliphatic hydroxyl groups is 1. The Balaban J connectivity index is 1.95. The van der Waals surface area contributed by atoms with E-state index < -0.39 is 17.7 Å². The molecule has 0 aliphatic carbocycles. The van der Waals surface area contributed by atoms with Crippen molar-refractivity contribution in [1.29, 1.82) is 0 Å². The highest BCUT2D eigenvalue weighted by Crippen LogP contribution is 2.44. The molecular weight excluding hydrogens is 466 g/mol. The SMILES string of the molecule is CCOc1ccc(N2C(=O)C(=O)/C(=C(/O)c3cc(C)cc(C)c3OC)C2c2ccc(Cl)cc2)cc1. The standard InChI is InChI=1S/C28H26ClNO5/c1-5-35-21-12-10-20(11-13-21)30-24(18-6-8-19(29)9-7-18)23(26(32)28(30)33)25(31)22-15-16(2)14-17(3)27(22)34-4/h6-15,24,31H,5H2,1-4H3/b25-23+. The fraction of sp³-hybridized carbons (Fsp3) is 0.214. The maximum Gasteiger partial charge on any atom is 0.300 e. The van der Waals surface area contributed by atoms with E-state index >= 15 is 0 Å². The van der Waals surface area contributed by atoms with Crippen LogP contribution >= 0.6 is 11.6 Å². The maximum atomic E-state index is 13.4. The number of hydrogen-bond acceptors (Lipinski definition) is 5. The molecule has 6 nitrogen and oxygen atoms in total. The first kappa shape index (κ1) is 24.4. The first-order valence-electron chi connectivity index (χ1n) is 11.2. The quantitative estimate of drug-likeness (QED) is 0.260. The predicted octanol–water partition coefficient (Wildman–Crippen LogP) is 5.99. The zero-order valence-corrected chi connectivity index (χ0v) is 20.7. The Labute approximate surface area is 209 Å². The van der Waals surface area contributed by atoms with E-state index in [4.69, 9.17) is 21.1 Å². The van der Waals surface area contributed by atoms with Gasteiger partial charge in [-0.15, -0.1) is 0 Å². The molecule has 1 unspecified atom stereocenters. The summed E-state index contributed by atoms with van der Waals surface area (Å²) in [7, 11) is 1.50. The zero-order chi connectivity index (χ0) is 25.3. The van der Waals surface area contributed by atoms with E-state index in [9.17, 15) is 14.7 Å². The number of benzene rings is 3. The van der Waals surface area contributed by atoms with Gasteiger partial charge in [0.05, 0.1) is 30.9 Å². The lowest BCUT2D eigenvalue weighted by atomic mass is 9.93. The van der Waals surface area contributed by atoms with Gasteiger partial charge in [-0.2, -0.15) is 0 Å². The van der Waals surface area contributed by atoms with Crippen LogP contribution in [0.1, 0.15) is 35.2 Å². The molecule has 1 fully saturated rings. The van der Waals surface area contributed by atoms with Gasteiger partial charge < -0.3 is 14.6 Å². The molecule has 3 aromatic rings. The highest BCUT2D eigenvalue weighted by Gasteiger charge is 2.47. The van der Waals surface area contributed by atoms with E-state index in [0.717, 1.165) is 11.1 Å². The van der Waals surface area contributed by atoms with Gasteiger partial charge in [0.2, 0.25) is 0 Å². The first-order valence-corrected chi connectivity index (χ1v) is 11.6. The van der Waals surface area contributed by atoms with Gasteiger partial charge in [0.1, 0.15) is 17.3 Å². The minimum atomic E-state index is -0.865. The van der Waals surface area contributed by atoms with Crippen LogP contribution < -0.4 is 14.4 Å². The lowest BCUT2D eigenvalue weighted by Crippen LogP contribution is -2.29. The number of carbonyl (C=O) groups is 2. The third-order valence-electron chi connectivity index (χ3n) is 5.93. The summed E-state index contributed by atoms with van der Waals surface area (Å²) in [5, 5.41) is 12.0. The molecule has 3 aromatic carbocycles. The molecule has 4 rings (SSSR count). The fourth-order valence-electron chi connectivity index (χ4n) is 4.48. The number of ketones is 1. The molecule has 1 N–H and O–H groups in total. The predicted molar refractivity (Wildman–Crippen MR) is 136 cm³/mol. The molecular formula is C28H26ClNO5. The Morgan fingerprint density at radius 3 is 2.29 bits per heavy atom. The molecule has 1 amide bonds. The Morgan fingerprint density at radius 1 is 1.03 bits per heavy atom. The summed E-state index contributed by atoms with van der Waals surface area (Å²) < 4.78 is 11.1. The maximum absolute atomic E-state index is 13.4. The average Bonchev–Trinajstić information content (AvgIpc) is 3.10. The number of rotatable bonds is 6. The van der Waals surface area contributed by atoms with Crippen molar-refractivity contribution in [3.8, 4) is 11.5 Å². The van der Waals surface area contributed by atoms with Crippen LogP contribution in [0, 0.1) is 13.8 Å². The van der Waals surface area contributed by atoms with Crippen molar-refractivity contribution in [2.45, 2.75) is 26.8 Å². The topological polar surface area (TPSA) is 76.1 Å². The number of ether oxygens (including phenoxy) is 2. The van der Waals surface area contributed by atoms with E-state index in [0.29, 0.717) is 39.9 Å². The molecule has 1 aliphatic rings. The normalized spacial score (nSPS) is 17.1. The van der Waals surface area contributed by atoms with Crippen molar-refractivity contribution in [2.75, 3.05) is 18.6 Å². The van der Waals surface area contributed by atoms with Crippen LogP contribution in [0.3, 0.4) is 0 Å². The van der Waals surface area contributed by atoms with Crippen molar-refractivity contribution in [2.24, 2.45) is 0 Å². The molecule has 7 heteroatoms. The summed E-state index contributed by atoms with van der Waals surface area (Å²) >= 11 is 6.11. The van der Waals surface area contributed by atoms with Crippen LogP contribution in [0.15, 0.2) is 66.2 Å². The summed E-state index contributed by atoms with van der Waals surface area (Å²) in [6, 6.07) is 16.6. The molecule has 1 heterocycles. The van der Waals surface area contributed by atoms with Gasteiger partial charge in [0.15, 0.2) is 0 Å². The van der Waals surface area contributed by atoms with Crippen molar-refractivity contribution in [3.05, 3.63) is 93.5 Å². The minimum Gasteiger partial charge on any atom is -0.507 e. The second-order valence-corrected chi connectivity index (χ2v) is 8.75. The van der Waals surface area contributed by atoms with Gasteiger partial charge in [-0.05, 0) is 79.9 Å². The Morgan fingerprint density at radius 2 is 1.69 bits per heavy atom. The lowest BCUT2D eigenvalue weighted by molar-refractivity contribution is -0.132. The van der Waals surface area contributed by atoms with Gasteiger partial charge in [0, 0.05) is 10.7 Å². The number of hydrogen-bond donors (Lipinski definition) is 1. The molecule has 0 spiro atoms. The number of halogens is 1. The molecule has 0 saturated carbocycles. The number of Topliss-reactive ketones (excluding diaryl/α,β-unsaturated/α-hetero) is 1. The van der Waals surface area contributed by atoms with Crippen molar-refractivity contribution < 1.29 is 24.2 Å². The molecule has 180 valence electrons. The number of aryl methyl sites for hydroxylation is 2. The largest absolute Gasteiger partial charge is 0.507 e. The average molecular weight is 492 g/mol. The molecule has 0 radical (unpaired) electrons. The third kappa shape index (κ3) is 4.49. The van der Waals surface area contributed by atoms with Gasteiger partial charge in [-0.25, -0.2) is 0 Å². The van der Waals surface area contributed by atoms with E-state index in [1.165, 1.54) is 12.0 Å². The molecule has 1 aliphatic heterocycles. The van der Waals surface area contributed by atoms with E-state index in [1.807, 2.05) is 26.8 Å². The smallest absolute Gasteiger partial charge is 0.300 e. The molecule has 35 heavy (non-hydrogen) atoms. The van der Waals surface area contributed by atoms with Crippen LogP contribution in [0.5, 0.6) is 11.5 Å². The molecule has 1 saturated heterocycles. The van der Waals surface area contributed by atoms with Crippen LogP contribution in [0.4, 0.5) is 5.69 Å². The van der Waals surface area contributed by atoms with Gasteiger partial charge in [-0.1, -0.05) is 29.8 Å². The number of anilines is 1. The van der Waals surface area contributed by atoms with Gasteiger partial charge in [-0.3, -0.25) is 14.5 Å². The van der Waals surface area contributed by atoms with Crippen molar-refractivity contribution >= 4 is 34.7 Å². The number of nitrogens with zero attached hydrogens (tertiary/aromatic N) is 1. The number of amides is 1. The van der Waals surface area contributed by atoms with Crippen LogP contribution in [0.2, 0.25) is 5.02 Å². The van der Waals surface area contributed by atoms with Gasteiger partial charge in [0.25, 0.3) is 11.7 Å².